The predicted octanol–water partition coefficient (Wildman–Crippen LogP) is 5.34. The highest BCUT2D eigenvalue weighted by atomic mass is 79.9. The minimum Gasteiger partial charge on any atom is -0.378 e. The van der Waals surface area contributed by atoms with Gasteiger partial charge in [-0.15, -0.1) is 11.3 Å². The van der Waals surface area contributed by atoms with E-state index in [2.05, 4.69) is 39.6 Å². The second-order valence-corrected chi connectivity index (χ2v) is 5.74. The predicted molar refractivity (Wildman–Crippen MR) is 75.5 cm³/mol. The molecule has 0 aliphatic rings. The summed E-state index contributed by atoms with van der Waals surface area (Å²) < 4.78 is 1.16. The SMILES string of the molecule is CC(Nc1ccc(Cl)cc1)c1sccc1Br. The van der Waals surface area contributed by atoms with Gasteiger partial charge in [0.1, 0.15) is 0 Å². The number of thiophene rings is 1. The summed E-state index contributed by atoms with van der Waals surface area (Å²) in [6.45, 7) is 2.14. The summed E-state index contributed by atoms with van der Waals surface area (Å²) in [6.07, 6.45) is 0. The van der Waals surface area contributed by atoms with Crippen LogP contribution < -0.4 is 5.32 Å². The van der Waals surface area contributed by atoms with Crippen LogP contribution in [-0.4, -0.2) is 0 Å². The topological polar surface area (TPSA) is 12.0 Å². The molecule has 0 radical (unpaired) electrons. The lowest BCUT2D eigenvalue weighted by atomic mass is 10.2. The molecule has 1 aromatic carbocycles. The Kier molecular flexibility index (Phi) is 3.90. The van der Waals surface area contributed by atoms with E-state index in [0.29, 0.717) is 0 Å². The third-order valence-corrected chi connectivity index (χ3v) is 4.57. The molecule has 0 saturated carbocycles. The molecule has 1 heterocycles. The molecular weight excluding hydrogens is 306 g/mol. The Bertz CT molecular complexity index is 466. The van der Waals surface area contributed by atoms with E-state index in [1.165, 1.54) is 4.88 Å². The zero-order valence-electron chi connectivity index (χ0n) is 8.71. The minimum absolute atomic E-state index is 0.288. The van der Waals surface area contributed by atoms with Crippen molar-refractivity contribution in [1.29, 1.82) is 0 Å². The van der Waals surface area contributed by atoms with Crippen LogP contribution in [0.15, 0.2) is 40.2 Å². The average molecular weight is 317 g/mol. The summed E-state index contributed by atoms with van der Waals surface area (Å²) in [5.74, 6) is 0. The van der Waals surface area contributed by atoms with Gasteiger partial charge in [-0.25, -0.2) is 0 Å². The lowest BCUT2D eigenvalue weighted by molar-refractivity contribution is 0.903. The summed E-state index contributed by atoms with van der Waals surface area (Å²) in [6, 6.07) is 10.1. The molecule has 0 aliphatic heterocycles. The number of hydrogen-bond donors (Lipinski definition) is 1. The van der Waals surface area contributed by atoms with Crippen LogP contribution in [0.3, 0.4) is 0 Å². The molecule has 2 aromatic rings. The fourth-order valence-corrected chi connectivity index (χ4v) is 3.33. The van der Waals surface area contributed by atoms with E-state index >= 15 is 0 Å². The van der Waals surface area contributed by atoms with E-state index < -0.39 is 0 Å². The van der Waals surface area contributed by atoms with Crippen LogP contribution in [-0.2, 0) is 0 Å². The van der Waals surface area contributed by atoms with Crippen LogP contribution in [0.25, 0.3) is 0 Å². The van der Waals surface area contributed by atoms with Crippen molar-refractivity contribution in [2.45, 2.75) is 13.0 Å². The standard InChI is InChI=1S/C12H11BrClNS/c1-8(12-11(13)6-7-16-12)15-10-4-2-9(14)3-5-10/h2-8,15H,1H3. The van der Waals surface area contributed by atoms with Gasteiger partial charge in [0.25, 0.3) is 0 Å². The second-order valence-electron chi connectivity index (χ2n) is 3.51. The van der Waals surface area contributed by atoms with Gasteiger partial charge in [0.05, 0.1) is 6.04 Å². The van der Waals surface area contributed by atoms with Gasteiger partial charge in [-0.05, 0) is 58.6 Å². The first kappa shape index (κ1) is 12.0. The molecule has 0 bridgehead atoms. The molecule has 16 heavy (non-hydrogen) atoms. The van der Waals surface area contributed by atoms with Crippen LogP contribution in [0, 0.1) is 0 Å². The van der Waals surface area contributed by atoms with Gasteiger partial charge in [0.15, 0.2) is 0 Å². The summed E-state index contributed by atoms with van der Waals surface area (Å²) in [4.78, 5) is 1.30. The van der Waals surface area contributed by atoms with Crippen molar-refractivity contribution >= 4 is 44.6 Å². The Morgan fingerprint density at radius 1 is 1.25 bits per heavy atom. The zero-order chi connectivity index (χ0) is 11.5. The molecule has 0 amide bonds. The molecule has 0 spiro atoms. The Hall–Kier alpha value is -0.510. The lowest BCUT2D eigenvalue weighted by Crippen LogP contribution is -2.04. The number of anilines is 1. The number of benzene rings is 1. The molecule has 0 aliphatic carbocycles. The maximum atomic E-state index is 5.84. The molecule has 4 heteroatoms. The normalized spacial score (nSPS) is 12.4. The monoisotopic (exact) mass is 315 g/mol. The zero-order valence-corrected chi connectivity index (χ0v) is 11.9. The van der Waals surface area contributed by atoms with Crippen molar-refractivity contribution in [2.24, 2.45) is 0 Å². The van der Waals surface area contributed by atoms with E-state index in [1.54, 1.807) is 11.3 Å². The summed E-state index contributed by atoms with van der Waals surface area (Å²) in [5, 5.41) is 6.28. The highest BCUT2D eigenvalue weighted by Crippen LogP contribution is 2.31. The number of hydrogen-bond acceptors (Lipinski definition) is 2. The fraction of sp³-hybridized carbons (Fsp3) is 0.167. The average Bonchev–Trinajstić information content (AvgIpc) is 2.68. The van der Waals surface area contributed by atoms with Crippen LogP contribution >= 0.6 is 38.9 Å². The number of rotatable bonds is 3. The van der Waals surface area contributed by atoms with E-state index in [-0.39, 0.29) is 6.04 Å². The molecule has 84 valence electrons. The van der Waals surface area contributed by atoms with Gasteiger partial charge >= 0.3 is 0 Å². The van der Waals surface area contributed by atoms with Gasteiger partial charge < -0.3 is 5.32 Å². The van der Waals surface area contributed by atoms with E-state index in [4.69, 9.17) is 11.6 Å². The molecule has 1 unspecified atom stereocenters. The van der Waals surface area contributed by atoms with Crippen LogP contribution in [0.4, 0.5) is 5.69 Å². The van der Waals surface area contributed by atoms with E-state index in [1.807, 2.05) is 24.3 Å². The molecule has 1 N–H and O–H groups in total. The highest BCUT2D eigenvalue weighted by Gasteiger charge is 2.10. The second kappa shape index (κ2) is 5.21. The van der Waals surface area contributed by atoms with Crippen molar-refractivity contribution in [3.63, 3.8) is 0 Å². The first-order valence-electron chi connectivity index (χ1n) is 4.92. The Labute approximate surface area is 113 Å². The van der Waals surface area contributed by atoms with Gasteiger partial charge in [-0.3, -0.25) is 0 Å². The van der Waals surface area contributed by atoms with Crippen LogP contribution in [0.5, 0.6) is 0 Å². The molecule has 1 atom stereocenters. The minimum atomic E-state index is 0.288. The molecule has 0 fully saturated rings. The van der Waals surface area contributed by atoms with Gasteiger partial charge in [0, 0.05) is 20.1 Å². The Morgan fingerprint density at radius 3 is 2.50 bits per heavy atom. The summed E-state index contributed by atoms with van der Waals surface area (Å²) in [5.41, 5.74) is 1.08. The van der Waals surface area contributed by atoms with Crippen LogP contribution in [0.1, 0.15) is 17.8 Å². The lowest BCUT2D eigenvalue weighted by Gasteiger charge is -2.14. The van der Waals surface area contributed by atoms with Crippen molar-refractivity contribution in [2.75, 3.05) is 5.32 Å². The summed E-state index contributed by atoms with van der Waals surface area (Å²) >= 11 is 11.1. The number of halogens is 2. The van der Waals surface area contributed by atoms with Crippen molar-refractivity contribution < 1.29 is 0 Å². The smallest absolute Gasteiger partial charge is 0.0589 e. The van der Waals surface area contributed by atoms with Crippen molar-refractivity contribution in [3.05, 3.63) is 50.1 Å². The fourth-order valence-electron chi connectivity index (χ4n) is 1.48. The van der Waals surface area contributed by atoms with Crippen LogP contribution in [0.2, 0.25) is 5.02 Å². The third-order valence-electron chi connectivity index (χ3n) is 2.27. The van der Waals surface area contributed by atoms with E-state index in [9.17, 15) is 0 Å². The molecule has 1 nitrogen and oxygen atoms in total. The first-order chi connectivity index (χ1) is 7.66. The van der Waals surface area contributed by atoms with Crippen molar-refractivity contribution in [1.82, 2.24) is 0 Å². The largest absolute Gasteiger partial charge is 0.378 e. The van der Waals surface area contributed by atoms with Gasteiger partial charge in [-0.2, -0.15) is 0 Å². The van der Waals surface area contributed by atoms with Gasteiger partial charge in [0.2, 0.25) is 0 Å². The number of nitrogens with one attached hydrogen (secondary N) is 1. The molecule has 2 rings (SSSR count). The van der Waals surface area contributed by atoms with Crippen molar-refractivity contribution in [3.8, 4) is 0 Å². The highest BCUT2D eigenvalue weighted by molar-refractivity contribution is 9.10. The molecule has 1 aromatic heterocycles. The Balaban J connectivity index is 2.10. The molecular formula is C12H11BrClNS. The Morgan fingerprint density at radius 2 is 1.94 bits per heavy atom. The third kappa shape index (κ3) is 2.78. The summed E-state index contributed by atoms with van der Waals surface area (Å²) in [7, 11) is 0. The first-order valence-corrected chi connectivity index (χ1v) is 6.97. The molecule has 0 saturated heterocycles. The quantitative estimate of drug-likeness (QED) is 0.806. The maximum Gasteiger partial charge on any atom is 0.0589 e. The maximum absolute atomic E-state index is 5.84. The van der Waals surface area contributed by atoms with Gasteiger partial charge in [-0.1, -0.05) is 11.6 Å². The van der Waals surface area contributed by atoms with E-state index in [0.717, 1.165) is 15.2 Å².